The number of carbonyl (C=O) groups excluding carboxylic acids is 1. The number of rotatable bonds is 6. The number of para-hydroxylation sites is 2. The van der Waals surface area contributed by atoms with Crippen molar-refractivity contribution in [2.45, 2.75) is 20.5 Å². The maximum atomic E-state index is 12.6. The second-order valence-corrected chi connectivity index (χ2v) is 8.60. The molecule has 5 rings (SSSR count). The molecule has 1 aliphatic carbocycles. The van der Waals surface area contributed by atoms with E-state index in [4.69, 9.17) is 24.5 Å². The first kappa shape index (κ1) is 28.9. The Kier molecular flexibility index (Phi) is 9.34. The smallest absolute Gasteiger partial charge is 0.340 e. The van der Waals surface area contributed by atoms with Gasteiger partial charge in [-0.2, -0.15) is 0 Å². The van der Waals surface area contributed by atoms with Crippen LogP contribution in [0.3, 0.4) is 0 Å². The normalized spacial score (nSPS) is 13.9. The molecule has 0 saturated carbocycles. The van der Waals surface area contributed by atoms with Gasteiger partial charge in [-0.3, -0.25) is 0 Å². The van der Waals surface area contributed by atoms with E-state index in [1.54, 1.807) is 6.07 Å². The van der Waals surface area contributed by atoms with Crippen LogP contribution in [0.15, 0.2) is 82.8 Å². The molecule has 0 atom stereocenters. The third kappa shape index (κ3) is 5.18. The van der Waals surface area contributed by atoms with Crippen LogP contribution in [-0.2, 0) is 37.6 Å². The second kappa shape index (κ2) is 12.3. The van der Waals surface area contributed by atoms with Crippen LogP contribution in [0.1, 0.15) is 38.2 Å². The van der Waals surface area contributed by atoms with Gasteiger partial charge in [0.05, 0.1) is 42.6 Å². The predicted octanol–water partition coefficient (Wildman–Crippen LogP) is 7.02. The van der Waals surface area contributed by atoms with Crippen LogP contribution in [0.5, 0.6) is 0 Å². The second-order valence-electron chi connectivity index (χ2n) is 8.60. The summed E-state index contributed by atoms with van der Waals surface area (Å²) in [7, 11) is 2.87. The van der Waals surface area contributed by atoms with E-state index in [0.717, 1.165) is 50.0 Å². The van der Waals surface area contributed by atoms with Crippen molar-refractivity contribution in [3.05, 3.63) is 114 Å². The van der Waals surface area contributed by atoms with Gasteiger partial charge in [0.1, 0.15) is 6.61 Å². The largest absolute Gasteiger partial charge is 0.465 e. The molecule has 0 aromatic heterocycles. The maximum absolute atomic E-state index is 12.6. The van der Waals surface area contributed by atoms with Gasteiger partial charge in [-0.05, 0) is 36.4 Å². The number of aliphatic imine (C=N–C) groups is 2. The Morgan fingerprint density at radius 2 is 1.32 bits per heavy atom. The number of nitrogens with zero attached hydrogens (tertiary/aromatic N) is 2. The van der Waals surface area contributed by atoms with Crippen LogP contribution in [-0.4, -0.2) is 31.6 Å². The zero-order valence-corrected chi connectivity index (χ0v) is 23.0. The van der Waals surface area contributed by atoms with Crippen LogP contribution >= 0.6 is 0 Å². The minimum Gasteiger partial charge on any atom is -0.465 e. The van der Waals surface area contributed by atoms with Crippen molar-refractivity contribution in [3.8, 4) is 0 Å². The predicted molar refractivity (Wildman–Crippen MR) is 148 cm³/mol. The topological polar surface area (TPSA) is 69.5 Å². The molecule has 38 heavy (non-hydrogen) atoms. The fourth-order valence-corrected chi connectivity index (χ4v) is 4.64. The summed E-state index contributed by atoms with van der Waals surface area (Å²) < 4.78 is 5.04. The fraction of sp³-hybridized carbons (Fsp3) is 0.161. The number of ether oxygens (including phenoxy) is 1. The van der Waals surface area contributed by atoms with Gasteiger partial charge >= 0.3 is 5.97 Å². The Balaban J connectivity index is 0.00000200. The standard InChI is InChI=1S/C30H26N2O4.CH3.Ni/c1-18-9-5-13-21(17-36-35-4)26(18)31-28-22-14-7-11-20-12-8-15-23(25(20)22)29(28)32-27-19(2)10-6-16-24(27)30(33)34-3;;/h5-16H,17H2,1-4H3;1H3;/q;-1;. The summed E-state index contributed by atoms with van der Waals surface area (Å²) in [5.41, 5.74) is 8.00. The number of esters is 1. The summed E-state index contributed by atoms with van der Waals surface area (Å²) in [6.45, 7) is 4.22. The fourth-order valence-electron chi connectivity index (χ4n) is 4.64. The van der Waals surface area contributed by atoms with E-state index in [1.807, 2.05) is 56.3 Å². The van der Waals surface area contributed by atoms with Crippen molar-refractivity contribution < 1.29 is 35.8 Å². The molecule has 4 aromatic carbocycles. The Morgan fingerprint density at radius 1 is 0.763 bits per heavy atom. The molecule has 0 amide bonds. The average Bonchev–Trinajstić information content (AvgIpc) is 3.19. The maximum Gasteiger partial charge on any atom is 0.340 e. The van der Waals surface area contributed by atoms with Gasteiger partial charge in [0.2, 0.25) is 0 Å². The quantitative estimate of drug-likeness (QED) is 0.0848. The van der Waals surface area contributed by atoms with Crippen molar-refractivity contribution in [2.75, 3.05) is 14.2 Å². The molecule has 0 bridgehead atoms. The molecule has 0 saturated heterocycles. The summed E-state index contributed by atoms with van der Waals surface area (Å²) in [6, 6.07) is 23.8. The summed E-state index contributed by atoms with van der Waals surface area (Å²) in [5.74, 6) is -0.428. The Bertz CT molecular complexity index is 1550. The SMILES string of the molecule is COOCc1cccc(C)c1N=C1C(=Nc2c(C)cccc2C(=O)OC)c2cccc3cccc1c23.[CH3-].[Ni]. The van der Waals surface area contributed by atoms with Crippen molar-refractivity contribution in [2.24, 2.45) is 9.98 Å². The first-order valence-corrected chi connectivity index (χ1v) is 11.7. The van der Waals surface area contributed by atoms with E-state index in [9.17, 15) is 4.79 Å². The van der Waals surface area contributed by atoms with E-state index in [0.29, 0.717) is 17.0 Å². The minimum absolute atomic E-state index is 0. The van der Waals surface area contributed by atoms with Gasteiger partial charge in [-0.15, -0.1) is 0 Å². The van der Waals surface area contributed by atoms with E-state index in [1.165, 1.54) is 14.2 Å². The third-order valence-electron chi connectivity index (χ3n) is 6.38. The Hall–Kier alpha value is -3.64. The van der Waals surface area contributed by atoms with Crippen LogP contribution in [0.2, 0.25) is 0 Å². The molecular formula is C31H29N2NiO4-. The van der Waals surface area contributed by atoms with Crippen molar-refractivity contribution >= 4 is 39.5 Å². The molecule has 6 nitrogen and oxygen atoms in total. The van der Waals surface area contributed by atoms with Crippen molar-refractivity contribution in [1.82, 2.24) is 0 Å². The first-order chi connectivity index (χ1) is 17.5. The van der Waals surface area contributed by atoms with Gasteiger partial charge in [-0.1, -0.05) is 66.7 Å². The number of hydrogen-bond donors (Lipinski definition) is 0. The Morgan fingerprint density at radius 3 is 1.92 bits per heavy atom. The molecule has 0 radical (unpaired) electrons. The van der Waals surface area contributed by atoms with Gasteiger partial charge in [-0.25, -0.2) is 24.6 Å². The average molecular weight is 552 g/mol. The van der Waals surface area contributed by atoms with Crippen LogP contribution < -0.4 is 0 Å². The molecule has 0 spiro atoms. The zero-order valence-electron chi connectivity index (χ0n) is 22.0. The molecule has 7 heteroatoms. The van der Waals surface area contributed by atoms with Crippen LogP contribution in [0.4, 0.5) is 11.4 Å². The number of aryl methyl sites for hydroxylation is 2. The van der Waals surface area contributed by atoms with Crippen molar-refractivity contribution in [3.63, 3.8) is 0 Å². The van der Waals surface area contributed by atoms with Crippen LogP contribution in [0, 0.1) is 21.3 Å². The summed E-state index contributed by atoms with van der Waals surface area (Å²) in [6.07, 6.45) is 0. The molecule has 0 N–H and O–H groups in total. The molecule has 1 aliphatic rings. The monoisotopic (exact) mass is 551 g/mol. The molecule has 0 unspecified atom stereocenters. The van der Waals surface area contributed by atoms with Crippen LogP contribution in [0.25, 0.3) is 10.8 Å². The number of hydrogen-bond acceptors (Lipinski definition) is 6. The van der Waals surface area contributed by atoms with Gasteiger partial charge < -0.3 is 12.2 Å². The van der Waals surface area contributed by atoms with Gasteiger partial charge in [0, 0.05) is 38.6 Å². The number of carbonyl (C=O) groups is 1. The molecule has 4 aromatic rings. The summed E-state index contributed by atoms with van der Waals surface area (Å²) in [5, 5.41) is 2.20. The van der Waals surface area contributed by atoms with E-state index in [2.05, 4.69) is 24.3 Å². The summed E-state index contributed by atoms with van der Waals surface area (Å²) >= 11 is 0. The number of methoxy groups -OCH3 is 1. The molecule has 0 heterocycles. The first-order valence-electron chi connectivity index (χ1n) is 11.7. The number of benzene rings is 4. The third-order valence-corrected chi connectivity index (χ3v) is 6.38. The minimum atomic E-state index is -0.428. The van der Waals surface area contributed by atoms with Crippen molar-refractivity contribution in [1.29, 1.82) is 0 Å². The zero-order chi connectivity index (χ0) is 25.2. The molecule has 0 fully saturated rings. The Labute approximate surface area is 233 Å². The van der Waals surface area contributed by atoms with Gasteiger partial charge in [0.25, 0.3) is 0 Å². The van der Waals surface area contributed by atoms with Gasteiger partial charge in [0.15, 0.2) is 0 Å². The summed E-state index contributed by atoms with van der Waals surface area (Å²) in [4.78, 5) is 33.0. The molecular weight excluding hydrogens is 523 g/mol. The van der Waals surface area contributed by atoms with E-state index in [-0.39, 0.29) is 30.5 Å². The molecule has 198 valence electrons. The molecule has 0 aliphatic heterocycles. The van der Waals surface area contributed by atoms with E-state index >= 15 is 0 Å². The van der Waals surface area contributed by atoms with E-state index < -0.39 is 5.97 Å².